The average Bonchev–Trinajstić information content (AvgIpc) is 3.13. The molecule has 23 heavy (non-hydrogen) atoms. The highest BCUT2D eigenvalue weighted by molar-refractivity contribution is 5.90. The van der Waals surface area contributed by atoms with Crippen LogP contribution in [-0.4, -0.2) is 27.7 Å². The summed E-state index contributed by atoms with van der Waals surface area (Å²) in [7, 11) is 0. The molecule has 3 heterocycles. The lowest BCUT2D eigenvalue weighted by atomic mass is 10.2. The molecule has 3 rings (SSSR count). The molecule has 0 aromatic carbocycles. The summed E-state index contributed by atoms with van der Waals surface area (Å²) in [6.07, 6.45) is 2.61. The van der Waals surface area contributed by atoms with Gasteiger partial charge in [-0.3, -0.25) is 14.6 Å². The van der Waals surface area contributed by atoms with Crippen molar-refractivity contribution in [3.63, 3.8) is 0 Å². The molecule has 0 radical (unpaired) electrons. The summed E-state index contributed by atoms with van der Waals surface area (Å²) in [5.74, 6) is 1.32. The number of hydrogen-bond donors (Lipinski definition) is 1. The lowest BCUT2D eigenvalue weighted by Crippen LogP contribution is -2.44. The fourth-order valence-corrected chi connectivity index (χ4v) is 2.74. The molecule has 1 N–H and O–H groups in total. The van der Waals surface area contributed by atoms with E-state index in [1.165, 1.54) is 0 Å². The Balaban J connectivity index is 1.62. The number of amides is 2. The fraction of sp³-hybridized carbons (Fsp3) is 0.353. The number of aryl methyl sites for hydroxylation is 1. The summed E-state index contributed by atoms with van der Waals surface area (Å²) in [6, 6.07) is 8.79. The van der Waals surface area contributed by atoms with Gasteiger partial charge in [-0.1, -0.05) is 6.07 Å². The molecule has 1 aliphatic rings. The minimum Gasteiger partial charge on any atom is -0.464 e. The van der Waals surface area contributed by atoms with Crippen LogP contribution >= 0.6 is 0 Å². The van der Waals surface area contributed by atoms with Crippen LogP contribution < -0.4 is 5.32 Å². The van der Waals surface area contributed by atoms with E-state index in [1.54, 1.807) is 11.1 Å². The molecule has 120 valence electrons. The van der Waals surface area contributed by atoms with Crippen LogP contribution in [0.4, 0.5) is 0 Å². The van der Waals surface area contributed by atoms with Gasteiger partial charge in [-0.2, -0.15) is 0 Å². The number of aromatic nitrogens is 1. The zero-order chi connectivity index (χ0) is 16.2. The molecular weight excluding hydrogens is 294 g/mol. The van der Waals surface area contributed by atoms with E-state index in [9.17, 15) is 9.59 Å². The standard InChI is InChI=1S/C17H19N3O3/c1-12-5-6-14(23-12)11-20-15(7-8-16(20)21)17(22)19-10-13-4-2-3-9-18-13/h2-6,9,15H,7-8,10-11H2,1H3,(H,19,22)/t15-/m0/s1. The Morgan fingerprint density at radius 2 is 2.26 bits per heavy atom. The Morgan fingerprint density at radius 1 is 1.39 bits per heavy atom. The zero-order valence-electron chi connectivity index (χ0n) is 13.0. The van der Waals surface area contributed by atoms with Crippen molar-refractivity contribution in [1.29, 1.82) is 0 Å². The largest absolute Gasteiger partial charge is 0.464 e. The number of pyridine rings is 1. The van der Waals surface area contributed by atoms with E-state index in [2.05, 4.69) is 10.3 Å². The second kappa shape index (κ2) is 6.64. The number of nitrogens with zero attached hydrogens (tertiary/aromatic N) is 2. The van der Waals surface area contributed by atoms with Gasteiger partial charge in [0.15, 0.2) is 0 Å². The van der Waals surface area contributed by atoms with Gasteiger partial charge in [0.25, 0.3) is 0 Å². The van der Waals surface area contributed by atoms with Crippen LogP contribution in [0.3, 0.4) is 0 Å². The molecule has 2 aromatic heterocycles. The Bertz CT molecular complexity index is 696. The molecular formula is C17H19N3O3. The van der Waals surface area contributed by atoms with Gasteiger partial charge in [-0.05, 0) is 37.6 Å². The summed E-state index contributed by atoms with van der Waals surface area (Å²) in [6.45, 7) is 2.54. The Morgan fingerprint density at radius 3 is 2.96 bits per heavy atom. The minimum absolute atomic E-state index is 0.0166. The zero-order valence-corrected chi connectivity index (χ0v) is 13.0. The third-order valence-corrected chi connectivity index (χ3v) is 3.92. The monoisotopic (exact) mass is 313 g/mol. The van der Waals surface area contributed by atoms with Crippen LogP contribution in [-0.2, 0) is 22.7 Å². The number of carbonyl (C=O) groups excluding carboxylic acids is 2. The highest BCUT2D eigenvalue weighted by Gasteiger charge is 2.36. The maximum absolute atomic E-state index is 12.4. The number of rotatable bonds is 5. The summed E-state index contributed by atoms with van der Waals surface area (Å²) in [4.78, 5) is 30.2. The van der Waals surface area contributed by atoms with Crippen molar-refractivity contribution >= 4 is 11.8 Å². The van der Waals surface area contributed by atoms with Crippen LogP contribution in [0.1, 0.15) is 30.1 Å². The quantitative estimate of drug-likeness (QED) is 0.913. The third-order valence-electron chi connectivity index (χ3n) is 3.92. The van der Waals surface area contributed by atoms with E-state index in [4.69, 9.17) is 4.42 Å². The number of likely N-dealkylation sites (tertiary alicyclic amines) is 1. The molecule has 6 heteroatoms. The summed E-state index contributed by atoms with van der Waals surface area (Å²) in [5, 5.41) is 2.86. The van der Waals surface area contributed by atoms with Crippen molar-refractivity contribution in [2.24, 2.45) is 0 Å². The first kappa shape index (κ1) is 15.3. The lowest BCUT2D eigenvalue weighted by molar-refractivity contribution is -0.136. The maximum Gasteiger partial charge on any atom is 0.243 e. The van der Waals surface area contributed by atoms with Crippen LogP contribution in [0.25, 0.3) is 0 Å². The van der Waals surface area contributed by atoms with Gasteiger partial charge >= 0.3 is 0 Å². The van der Waals surface area contributed by atoms with Crippen LogP contribution in [0, 0.1) is 6.92 Å². The van der Waals surface area contributed by atoms with E-state index in [1.807, 2.05) is 37.3 Å². The summed E-state index contributed by atoms with van der Waals surface area (Å²) in [5.41, 5.74) is 0.790. The van der Waals surface area contributed by atoms with Gasteiger partial charge in [0.2, 0.25) is 11.8 Å². The van der Waals surface area contributed by atoms with Crippen molar-refractivity contribution in [3.05, 3.63) is 53.7 Å². The van der Waals surface area contributed by atoms with Gasteiger partial charge in [0.05, 0.1) is 18.8 Å². The van der Waals surface area contributed by atoms with Gasteiger partial charge in [0.1, 0.15) is 17.6 Å². The van der Waals surface area contributed by atoms with Crippen molar-refractivity contribution < 1.29 is 14.0 Å². The number of hydrogen-bond acceptors (Lipinski definition) is 4. The van der Waals surface area contributed by atoms with Crippen LogP contribution in [0.15, 0.2) is 40.9 Å². The first-order valence-electron chi connectivity index (χ1n) is 7.66. The third kappa shape index (κ3) is 3.59. The molecule has 2 aromatic rings. The highest BCUT2D eigenvalue weighted by atomic mass is 16.3. The number of furan rings is 1. The maximum atomic E-state index is 12.4. The molecule has 0 unspecified atom stereocenters. The Kier molecular flexibility index (Phi) is 4.41. The van der Waals surface area contributed by atoms with Crippen molar-refractivity contribution in [2.75, 3.05) is 0 Å². The predicted molar refractivity (Wildman–Crippen MR) is 83.1 cm³/mol. The SMILES string of the molecule is Cc1ccc(CN2C(=O)CC[C@H]2C(=O)NCc2ccccn2)o1. The molecule has 6 nitrogen and oxygen atoms in total. The molecule has 0 spiro atoms. The van der Waals surface area contributed by atoms with Gasteiger partial charge in [0, 0.05) is 12.6 Å². The number of carbonyl (C=O) groups is 2. The smallest absolute Gasteiger partial charge is 0.243 e. The lowest BCUT2D eigenvalue weighted by Gasteiger charge is -2.23. The molecule has 0 saturated carbocycles. The van der Waals surface area contributed by atoms with Crippen molar-refractivity contribution in [1.82, 2.24) is 15.2 Å². The second-order valence-electron chi connectivity index (χ2n) is 5.63. The topological polar surface area (TPSA) is 75.4 Å². The molecule has 2 amide bonds. The Hall–Kier alpha value is -2.63. The van der Waals surface area contributed by atoms with Crippen LogP contribution in [0.5, 0.6) is 0 Å². The van der Waals surface area contributed by atoms with Crippen molar-refractivity contribution in [3.8, 4) is 0 Å². The van der Waals surface area contributed by atoms with Gasteiger partial charge in [-0.15, -0.1) is 0 Å². The average molecular weight is 313 g/mol. The van der Waals surface area contributed by atoms with E-state index < -0.39 is 6.04 Å². The molecule has 1 saturated heterocycles. The number of nitrogens with one attached hydrogen (secondary N) is 1. The highest BCUT2D eigenvalue weighted by Crippen LogP contribution is 2.22. The van der Waals surface area contributed by atoms with Gasteiger partial charge < -0.3 is 14.6 Å². The first-order valence-corrected chi connectivity index (χ1v) is 7.66. The summed E-state index contributed by atoms with van der Waals surface area (Å²) >= 11 is 0. The fourth-order valence-electron chi connectivity index (χ4n) is 2.74. The minimum atomic E-state index is -0.448. The molecule has 1 aliphatic heterocycles. The Labute approximate surface area is 134 Å². The van der Waals surface area contributed by atoms with E-state index in [-0.39, 0.29) is 11.8 Å². The van der Waals surface area contributed by atoms with E-state index >= 15 is 0 Å². The second-order valence-corrected chi connectivity index (χ2v) is 5.63. The normalized spacial score (nSPS) is 17.5. The van der Waals surface area contributed by atoms with E-state index in [0.717, 1.165) is 11.5 Å². The summed E-state index contributed by atoms with van der Waals surface area (Å²) < 4.78 is 5.52. The molecule has 1 fully saturated rings. The van der Waals surface area contributed by atoms with Crippen molar-refractivity contribution in [2.45, 2.75) is 38.9 Å². The molecule has 1 atom stereocenters. The predicted octanol–water partition coefficient (Wildman–Crippen LogP) is 1.79. The first-order chi connectivity index (χ1) is 11.1. The van der Waals surface area contributed by atoms with Gasteiger partial charge in [-0.25, -0.2) is 0 Å². The van der Waals surface area contributed by atoms with E-state index in [0.29, 0.717) is 31.7 Å². The van der Waals surface area contributed by atoms with Crippen LogP contribution in [0.2, 0.25) is 0 Å². The molecule has 0 aliphatic carbocycles. The molecule has 0 bridgehead atoms.